The highest BCUT2D eigenvalue weighted by Crippen LogP contribution is 2.46. The molecule has 90 valence electrons. The Labute approximate surface area is 99.6 Å². The molecule has 16 heavy (non-hydrogen) atoms. The fraction of sp³-hybridized carbons (Fsp3) is 0.733. The van der Waals surface area contributed by atoms with E-state index in [4.69, 9.17) is 4.74 Å². The maximum absolute atomic E-state index is 5.85. The van der Waals surface area contributed by atoms with Crippen molar-refractivity contribution in [3.05, 3.63) is 23.8 Å². The van der Waals surface area contributed by atoms with E-state index in [2.05, 4.69) is 33.4 Å². The van der Waals surface area contributed by atoms with Crippen LogP contribution in [0.15, 0.2) is 23.8 Å². The van der Waals surface area contributed by atoms with Crippen LogP contribution in [0, 0.1) is 11.3 Å². The van der Waals surface area contributed by atoms with Gasteiger partial charge in [-0.2, -0.15) is 0 Å². The summed E-state index contributed by atoms with van der Waals surface area (Å²) in [5, 5.41) is 0. The maximum Gasteiger partial charge on any atom is 0.0615 e. The highest BCUT2D eigenvalue weighted by molar-refractivity contribution is 5.18. The minimum atomic E-state index is 0.363. The highest BCUT2D eigenvalue weighted by atomic mass is 16.5. The van der Waals surface area contributed by atoms with E-state index in [0.717, 1.165) is 25.4 Å². The van der Waals surface area contributed by atoms with Crippen LogP contribution in [0.2, 0.25) is 0 Å². The van der Waals surface area contributed by atoms with Gasteiger partial charge in [-0.15, -0.1) is 0 Å². The van der Waals surface area contributed by atoms with Crippen molar-refractivity contribution < 1.29 is 4.74 Å². The molecule has 1 fully saturated rings. The van der Waals surface area contributed by atoms with Gasteiger partial charge in [0, 0.05) is 0 Å². The first-order chi connectivity index (χ1) is 7.50. The second-order valence-electron chi connectivity index (χ2n) is 5.97. The summed E-state index contributed by atoms with van der Waals surface area (Å²) in [6, 6.07) is 0. The Morgan fingerprint density at radius 3 is 2.81 bits per heavy atom. The molecule has 0 amide bonds. The van der Waals surface area contributed by atoms with Crippen LogP contribution in [0.4, 0.5) is 0 Å². The molecular formula is C15H24O. The van der Waals surface area contributed by atoms with Crippen LogP contribution in [0.1, 0.15) is 46.5 Å². The molecule has 1 aliphatic heterocycles. The lowest BCUT2D eigenvalue weighted by Gasteiger charge is -2.34. The molecule has 1 aliphatic carbocycles. The fourth-order valence-electron chi connectivity index (χ4n) is 2.91. The minimum Gasteiger partial charge on any atom is -0.378 e. The van der Waals surface area contributed by atoms with Gasteiger partial charge in [-0.05, 0) is 43.9 Å². The van der Waals surface area contributed by atoms with Crippen molar-refractivity contribution in [2.75, 3.05) is 6.61 Å². The minimum absolute atomic E-state index is 0.363. The fourth-order valence-corrected chi connectivity index (χ4v) is 2.91. The maximum atomic E-state index is 5.85. The first-order valence-electron chi connectivity index (χ1n) is 6.45. The van der Waals surface area contributed by atoms with Gasteiger partial charge in [0.05, 0.1) is 12.7 Å². The predicted molar refractivity (Wildman–Crippen MR) is 68.4 cm³/mol. The summed E-state index contributed by atoms with van der Waals surface area (Å²) in [6.45, 7) is 12.0. The van der Waals surface area contributed by atoms with Crippen LogP contribution in [-0.4, -0.2) is 12.7 Å². The number of hydrogen-bond acceptors (Lipinski definition) is 1. The van der Waals surface area contributed by atoms with Gasteiger partial charge < -0.3 is 4.74 Å². The van der Waals surface area contributed by atoms with Crippen molar-refractivity contribution >= 4 is 0 Å². The molecule has 2 atom stereocenters. The van der Waals surface area contributed by atoms with Crippen molar-refractivity contribution in [3.8, 4) is 0 Å². The van der Waals surface area contributed by atoms with Crippen LogP contribution >= 0.6 is 0 Å². The molecule has 0 saturated carbocycles. The summed E-state index contributed by atoms with van der Waals surface area (Å²) in [5.41, 5.74) is 3.28. The summed E-state index contributed by atoms with van der Waals surface area (Å²) in [6.07, 6.45) is 7.38. The average molecular weight is 220 g/mol. The summed E-state index contributed by atoms with van der Waals surface area (Å²) in [5.74, 6) is 0.753. The van der Waals surface area contributed by atoms with E-state index in [1.807, 2.05) is 0 Å². The monoisotopic (exact) mass is 220 g/mol. The summed E-state index contributed by atoms with van der Waals surface area (Å²) >= 11 is 0. The Balaban J connectivity index is 1.93. The SMILES string of the molecule is C=C1CCOC(CC2CC=C(C)C2(C)C)C1. The van der Waals surface area contributed by atoms with Gasteiger partial charge in [0.2, 0.25) is 0 Å². The Morgan fingerprint density at radius 2 is 2.25 bits per heavy atom. The quantitative estimate of drug-likeness (QED) is 0.636. The lowest BCUT2D eigenvalue weighted by molar-refractivity contribution is 0.0112. The van der Waals surface area contributed by atoms with E-state index >= 15 is 0 Å². The zero-order valence-corrected chi connectivity index (χ0v) is 10.9. The third-order valence-corrected chi connectivity index (χ3v) is 4.62. The average Bonchev–Trinajstić information content (AvgIpc) is 2.45. The Hall–Kier alpha value is -0.560. The van der Waals surface area contributed by atoms with Crippen LogP contribution in [0.5, 0.6) is 0 Å². The Kier molecular flexibility index (Phi) is 3.25. The molecule has 1 nitrogen and oxygen atoms in total. The molecule has 2 aliphatic rings. The van der Waals surface area contributed by atoms with Gasteiger partial charge in [0.25, 0.3) is 0 Å². The third-order valence-electron chi connectivity index (χ3n) is 4.62. The van der Waals surface area contributed by atoms with E-state index < -0.39 is 0 Å². The van der Waals surface area contributed by atoms with E-state index in [9.17, 15) is 0 Å². The molecule has 0 N–H and O–H groups in total. The van der Waals surface area contributed by atoms with Crippen LogP contribution in [0.25, 0.3) is 0 Å². The molecule has 0 aromatic rings. The van der Waals surface area contributed by atoms with Gasteiger partial charge in [-0.1, -0.05) is 37.6 Å². The van der Waals surface area contributed by atoms with Gasteiger partial charge in [-0.3, -0.25) is 0 Å². The van der Waals surface area contributed by atoms with E-state index in [0.29, 0.717) is 11.5 Å². The van der Waals surface area contributed by atoms with Crippen LogP contribution < -0.4 is 0 Å². The summed E-state index contributed by atoms with van der Waals surface area (Å²) in [7, 11) is 0. The number of rotatable bonds is 2. The molecule has 0 spiro atoms. The normalized spacial score (nSPS) is 33.9. The van der Waals surface area contributed by atoms with Crippen LogP contribution in [0.3, 0.4) is 0 Å². The van der Waals surface area contributed by atoms with Gasteiger partial charge in [0.1, 0.15) is 0 Å². The molecule has 1 saturated heterocycles. The van der Waals surface area contributed by atoms with E-state index in [1.54, 1.807) is 5.57 Å². The van der Waals surface area contributed by atoms with Gasteiger partial charge in [0.15, 0.2) is 0 Å². The lowest BCUT2D eigenvalue weighted by Crippen LogP contribution is -2.29. The van der Waals surface area contributed by atoms with Gasteiger partial charge in [-0.25, -0.2) is 0 Å². The number of hydrogen-bond donors (Lipinski definition) is 0. The smallest absolute Gasteiger partial charge is 0.0615 e. The number of ether oxygens (including phenoxy) is 1. The molecule has 1 heteroatoms. The molecule has 2 unspecified atom stereocenters. The Bertz CT molecular complexity index is 311. The molecule has 2 rings (SSSR count). The summed E-state index contributed by atoms with van der Waals surface area (Å²) in [4.78, 5) is 0. The lowest BCUT2D eigenvalue weighted by atomic mass is 9.74. The van der Waals surface area contributed by atoms with Crippen molar-refractivity contribution in [2.45, 2.75) is 52.6 Å². The predicted octanol–water partition coefficient (Wildman–Crippen LogP) is 4.10. The highest BCUT2D eigenvalue weighted by Gasteiger charge is 2.36. The molecule has 0 aromatic carbocycles. The zero-order chi connectivity index (χ0) is 11.8. The van der Waals surface area contributed by atoms with E-state index in [1.165, 1.54) is 18.4 Å². The van der Waals surface area contributed by atoms with Crippen molar-refractivity contribution in [1.29, 1.82) is 0 Å². The molecule has 0 bridgehead atoms. The first-order valence-corrected chi connectivity index (χ1v) is 6.45. The van der Waals surface area contributed by atoms with Crippen LogP contribution in [-0.2, 0) is 4.74 Å². The third kappa shape index (κ3) is 2.24. The van der Waals surface area contributed by atoms with Crippen molar-refractivity contribution in [1.82, 2.24) is 0 Å². The molecular weight excluding hydrogens is 196 g/mol. The standard InChI is InChI=1S/C15H24O/c1-11-7-8-16-14(9-11)10-13-6-5-12(2)15(13,3)4/h5,13-14H,1,6-10H2,2-4H3. The second kappa shape index (κ2) is 4.37. The first kappa shape index (κ1) is 11.9. The Morgan fingerprint density at radius 1 is 1.50 bits per heavy atom. The molecule has 0 radical (unpaired) electrons. The second-order valence-corrected chi connectivity index (χ2v) is 5.97. The number of allylic oxidation sites excluding steroid dienone is 2. The molecule has 1 heterocycles. The van der Waals surface area contributed by atoms with Crippen molar-refractivity contribution in [3.63, 3.8) is 0 Å². The molecule has 0 aromatic heterocycles. The van der Waals surface area contributed by atoms with Crippen molar-refractivity contribution in [2.24, 2.45) is 11.3 Å². The largest absolute Gasteiger partial charge is 0.378 e. The zero-order valence-electron chi connectivity index (χ0n) is 10.9. The topological polar surface area (TPSA) is 9.23 Å². The summed E-state index contributed by atoms with van der Waals surface area (Å²) < 4.78 is 5.85. The van der Waals surface area contributed by atoms with Gasteiger partial charge >= 0.3 is 0 Å². The van der Waals surface area contributed by atoms with E-state index in [-0.39, 0.29) is 0 Å².